The average molecular weight is 213 g/mol. The van der Waals surface area contributed by atoms with Crippen LogP contribution in [0.3, 0.4) is 0 Å². The van der Waals surface area contributed by atoms with E-state index in [1.807, 2.05) is 0 Å². The van der Waals surface area contributed by atoms with Gasteiger partial charge in [0, 0.05) is 13.1 Å². The Balaban J connectivity index is 2.43. The minimum absolute atomic E-state index is 0.000278. The second kappa shape index (κ2) is 3.25. The van der Waals surface area contributed by atoms with Gasteiger partial charge in [-0.3, -0.25) is 0 Å². The fraction of sp³-hybridized carbons (Fsp3) is 0.333. The van der Waals surface area contributed by atoms with E-state index in [1.54, 1.807) is 12.1 Å². The zero-order chi connectivity index (χ0) is 10.2. The van der Waals surface area contributed by atoms with E-state index in [4.69, 9.17) is 0 Å². The molecule has 0 radical (unpaired) electrons. The smallest absolute Gasteiger partial charge is 0.246 e. The maximum Gasteiger partial charge on any atom is 0.246 e. The van der Waals surface area contributed by atoms with E-state index in [-0.39, 0.29) is 10.6 Å². The SMILES string of the molecule is O=S(=O)(c1ccccc1O)N1CCC1. The summed E-state index contributed by atoms with van der Waals surface area (Å²) < 4.78 is 25.0. The molecular weight excluding hydrogens is 202 g/mol. The molecule has 1 aromatic carbocycles. The first-order valence-corrected chi connectivity index (χ1v) is 5.84. The molecule has 0 aromatic heterocycles. The Kier molecular flexibility index (Phi) is 2.20. The summed E-state index contributed by atoms with van der Waals surface area (Å²) in [5.41, 5.74) is 0. The van der Waals surface area contributed by atoms with Gasteiger partial charge in [0.15, 0.2) is 0 Å². The highest BCUT2D eigenvalue weighted by Gasteiger charge is 2.30. The molecule has 4 nitrogen and oxygen atoms in total. The van der Waals surface area contributed by atoms with Gasteiger partial charge in [-0.25, -0.2) is 8.42 Å². The lowest BCUT2D eigenvalue weighted by Gasteiger charge is -2.29. The Hall–Kier alpha value is -1.07. The van der Waals surface area contributed by atoms with Crippen molar-refractivity contribution in [3.8, 4) is 5.75 Å². The summed E-state index contributed by atoms with van der Waals surface area (Å²) in [6, 6.07) is 6.01. The Morgan fingerprint density at radius 3 is 2.36 bits per heavy atom. The third kappa shape index (κ3) is 1.38. The van der Waals surface area contributed by atoms with Gasteiger partial charge in [-0.1, -0.05) is 12.1 Å². The molecule has 76 valence electrons. The molecule has 1 aromatic rings. The predicted molar refractivity (Wildman–Crippen MR) is 51.5 cm³/mol. The number of para-hydroxylation sites is 1. The van der Waals surface area contributed by atoms with Crippen LogP contribution >= 0.6 is 0 Å². The van der Waals surface area contributed by atoms with E-state index < -0.39 is 10.0 Å². The Bertz CT molecular complexity index is 437. The minimum atomic E-state index is -3.45. The zero-order valence-electron chi connectivity index (χ0n) is 7.55. The summed E-state index contributed by atoms with van der Waals surface area (Å²) in [7, 11) is -3.45. The van der Waals surface area contributed by atoms with Crippen molar-refractivity contribution in [2.24, 2.45) is 0 Å². The highest BCUT2D eigenvalue weighted by atomic mass is 32.2. The Morgan fingerprint density at radius 1 is 1.21 bits per heavy atom. The monoisotopic (exact) mass is 213 g/mol. The number of benzene rings is 1. The lowest BCUT2D eigenvalue weighted by Crippen LogP contribution is -2.41. The Morgan fingerprint density at radius 2 is 1.86 bits per heavy atom. The van der Waals surface area contributed by atoms with Gasteiger partial charge in [0.25, 0.3) is 0 Å². The summed E-state index contributed by atoms with van der Waals surface area (Å²) in [6.07, 6.45) is 0.896. The van der Waals surface area contributed by atoms with Gasteiger partial charge in [0.05, 0.1) is 0 Å². The van der Waals surface area contributed by atoms with E-state index in [1.165, 1.54) is 16.4 Å². The van der Waals surface area contributed by atoms with Crippen molar-refractivity contribution < 1.29 is 13.5 Å². The lowest BCUT2D eigenvalue weighted by molar-refractivity contribution is 0.308. The Labute approximate surface area is 82.8 Å². The molecule has 1 saturated heterocycles. The maximum atomic E-state index is 11.8. The average Bonchev–Trinajstić information content (AvgIpc) is 2.00. The van der Waals surface area contributed by atoms with Crippen molar-refractivity contribution >= 4 is 10.0 Å². The topological polar surface area (TPSA) is 57.6 Å². The lowest BCUT2D eigenvalue weighted by atomic mass is 10.3. The quantitative estimate of drug-likeness (QED) is 0.790. The minimum Gasteiger partial charge on any atom is -0.507 e. The molecule has 14 heavy (non-hydrogen) atoms. The molecule has 5 heteroatoms. The second-order valence-electron chi connectivity index (χ2n) is 3.23. The van der Waals surface area contributed by atoms with E-state index in [0.29, 0.717) is 13.1 Å². The van der Waals surface area contributed by atoms with E-state index >= 15 is 0 Å². The van der Waals surface area contributed by atoms with Gasteiger partial charge in [-0.05, 0) is 18.6 Å². The van der Waals surface area contributed by atoms with Crippen LogP contribution < -0.4 is 0 Å². The predicted octanol–water partition coefficient (Wildman–Crippen LogP) is 0.787. The van der Waals surface area contributed by atoms with Crippen molar-refractivity contribution in [1.29, 1.82) is 0 Å². The number of hydrogen-bond acceptors (Lipinski definition) is 3. The summed E-state index contributed by atoms with van der Waals surface area (Å²) in [5, 5.41) is 9.41. The van der Waals surface area contributed by atoms with Crippen LogP contribution in [0.25, 0.3) is 0 Å². The fourth-order valence-corrected chi connectivity index (χ4v) is 2.94. The highest BCUT2D eigenvalue weighted by Crippen LogP contribution is 2.27. The zero-order valence-corrected chi connectivity index (χ0v) is 8.37. The molecule has 1 aliphatic heterocycles. The van der Waals surface area contributed by atoms with Gasteiger partial charge < -0.3 is 5.11 Å². The molecule has 0 amide bonds. The van der Waals surface area contributed by atoms with E-state index in [2.05, 4.69) is 0 Å². The standard InChI is InChI=1S/C9H11NO3S/c11-8-4-1-2-5-9(8)14(12,13)10-6-3-7-10/h1-2,4-5,11H,3,6-7H2. The molecule has 1 fully saturated rings. The molecule has 2 rings (SSSR count). The fourth-order valence-electron chi connectivity index (χ4n) is 1.34. The molecule has 0 aliphatic carbocycles. The van der Waals surface area contributed by atoms with Crippen molar-refractivity contribution in [2.45, 2.75) is 11.3 Å². The van der Waals surface area contributed by atoms with Gasteiger partial charge >= 0.3 is 0 Å². The molecule has 1 aliphatic rings. The molecule has 1 heterocycles. The molecule has 1 N–H and O–H groups in total. The van der Waals surface area contributed by atoms with Crippen LogP contribution in [0.15, 0.2) is 29.2 Å². The van der Waals surface area contributed by atoms with Gasteiger partial charge in [0.2, 0.25) is 10.0 Å². The molecule has 0 unspecified atom stereocenters. The number of hydrogen-bond donors (Lipinski definition) is 1. The summed E-state index contributed by atoms with van der Waals surface area (Å²) in [5.74, 6) is -0.181. The molecular formula is C9H11NO3S. The molecule has 0 spiro atoms. The molecule has 0 atom stereocenters. The van der Waals surface area contributed by atoms with Gasteiger partial charge in [-0.2, -0.15) is 4.31 Å². The van der Waals surface area contributed by atoms with Crippen LogP contribution in [0.4, 0.5) is 0 Å². The van der Waals surface area contributed by atoms with Crippen LogP contribution in [-0.2, 0) is 10.0 Å². The summed E-state index contributed by atoms with van der Waals surface area (Å²) in [6.45, 7) is 1.10. The summed E-state index contributed by atoms with van der Waals surface area (Å²) >= 11 is 0. The molecule has 0 saturated carbocycles. The van der Waals surface area contributed by atoms with Gasteiger partial charge in [0.1, 0.15) is 10.6 Å². The van der Waals surface area contributed by atoms with Crippen molar-refractivity contribution in [2.75, 3.05) is 13.1 Å². The van der Waals surface area contributed by atoms with Crippen molar-refractivity contribution in [1.82, 2.24) is 4.31 Å². The number of rotatable bonds is 2. The van der Waals surface area contributed by atoms with Gasteiger partial charge in [-0.15, -0.1) is 0 Å². The first-order chi connectivity index (χ1) is 6.62. The van der Waals surface area contributed by atoms with Crippen LogP contribution in [0.5, 0.6) is 5.75 Å². The third-order valence-electron chi connectivity index (χ3n) is 2.30. The first-order valence-electron chi connectivity index (χ1n) is 4.40. The number of aromatic hydroxyl groups is 1. The van der Waals surface area contributed by atoms with Crippen molar-refractivity contribution in [3.63, 3.8) is 0 Å². The van der Waals surface area contributed by atoms with E-state index in [9.17, 15) is 13.5 Å². The normalized spacial score (nSPS) is 17.7. The van der Waals surface area contributed by atoms with Crippen LogP contribution in [0, 0.1) is 0 Å². The largest absolute Gasteiger partial charge is 0.507 e. The molecule has 0 bridgehead atoms. The number of phenols is 1. The third-order valence-corrected chi connectivity index (χ3v) is 4.24. The van der Waals surface area contributed by atoms with E-state index in [0.717, 1.165) is 6.42 Å². The number of sulfonamides is 1. The number of phenolic OH excluding ortho intramolecular Hbond substituents is 1. The van der Waals surface area contributed by atoms with Crippen LogP contribution in [0.2, 0.25) is 0 Å². The second-order valence-corrected chi connectivity index (χ2v) is 5.13. The maximum absolute atomic E-state index is 11.8. The van der Waals surface area contributed by atoms with Crippen LogP contribution in [0.1, 0.15) is 6.42 Å². The first kappa shape index (κ1) is 9.48. The summed E-state index contributed by atoms with van der Waals surface area (Å²) in [4.78, 5) is -0.000278. The highest BCUT2D eigenvalue weighted by molar-refractivity contribution is 7.89. The van der Waals surface area contributed by atoms with Crippen molar-refractivity contribution in [3.05, 3.63) is 24.3 Å². The number of nitrogens with zero attached hydrogens (tertiary/aromatic N) is 1. The van der Waals surface area contributed by atoms with Crippen LogP contribution in [-0.4, -0.2) is 30.9 Å².